The van der Waals surface area contributed by atoms with Gasteiger partial charge >= 0.3 is 5.97 Å². The van der Waals surface area contributed by atoms with E-state index in [0.29, 0.717) is 18.7 Å². The van der Waals surface area contributed by atoms with Crippen LogP contribution < -0.4 is 5.32 Å². The highest BCUT2D eigenvalue weighted by Crippen LogP contribution is 2.22. The summed E-state index contributed by atoms with van der Waals surface area (Å²) in [6.07, 6.45) is 0. The molecule has 0 spiro atoms. The van der Waals surface area contributed by atoms with Crippen LogP contribution >= 0.6 is 12.4 Å². The molecule has 108 valence electrons. The van der Waals surface area contributed by atoms with Crippen LogP contribution in [0.15, 0.2) is 40.8 Å². The van der Waals surface area contributed by atoms with Crippen LogP contribution in [0.5, 0.6) is 0 Å². The summed E-state index contributed by atoms with van der Waals surface area (Å²) in [7, 11) is 1.87. The van der Waals surface area contributed by atoms with Gasteiger partial charge in [0.05, 0.1) is 18.7 Å². The van der Waals surface area contributed by atoms with Gasteiger partial charge in [0.25, 0.3) is 0 Å². The van der Waals surface area contributed by atoms with Crippen molar-refractivity contribution in [2.75, 3.05) is 13.7 Å². The van der Waals surface area contributed by atoms with E-state index < -0.39 is 0 Å². The summed E-state index contributed by atoms with van der Waals surface area (Å²) in [4.78, 5) is 11.5. The third kappa shape index (κ3) is 3.85. The molecule has 0 aliphatic heterocycles. The monoisotopic (exact) mass is 295 g/mol. The second-order valence-electron chi connectivity index (χ2n) is 4.09. The lowest BCUT2D eigenvalue weighted by molar-refractivity contribution is 0.0526. The van der Waals surface area contributed by atoms with Crippen molar-refractivity contribution in [1.29, 1.82) is 0 Å². The standard InChI is InChI=1S/C15H17NO3.ClH/c1-3-18-15(17)12-6-4-11(5-7-12)14-9-8-13(19-14)10-16-2;/h4-9,16H,3,10H2,1-2H3;1H. The number of ether oxygens (including phenoxy) is 1. The van der Waals surface area contributed by atoms with Crippen LogP contribution in [0.2, 0.25) is 0 Å². The molecule has 4 nitrogen and oxygen atoms in total. The summed E-state index contributed by atoms with van der Waals surface area (Å²) < 4.78 is 10.6. The van der Waals surface area contributed by atoms with E-state index in [4.69, 9.17) is 9.15 Å². The molecule has 1 aromatic carbocycles. The van der Waals surface area contributed by atoms with Crippen LogP contribution in [-0.4, -0.2) is 19.6 Å². The molecule has 1 heterocycles. The highest BCUT2D eigenvalue weighted by Gasteiger charge is 2.08. The molecule has 2 aromatic rings. The minimum absolute atomic E-state index is 0. The van der Waals surface area contributed by atoms with E-state index in [9.17, 15) is 4.79 Å². The number of esters is 1. The van der Waals surface area contributed by atoms with Gasteiger partial charge in [-0.25, -0.2) is 4.79 Å². The zero-order valence-electron chi connectivity index (χ0n) is 11.5. The van der Waals surface area contributed by atoms with E-state index in [2.05, 4.69) is 5.32 Å². The number of halogens is 1. The van der Waals surface area contributed by atoms with E-state index in [-0.39, 0.29) is 18.4 Å². The van der Waals surface area contributed by atoms with Crippen molar-refractivity contribution in [2.24, 2.45) is 0 Å². The summed E-state index contributed by atoms with van der Waals surface area (Å²) in [5.74, 6) is 1.37. The summed E-state index contributed by atoms with van der Waals surface area (Å²) in [6.45, 7) is 2.87. The quantitative estimate of drug-likeness (QED) is 0.860. The van der Waals surface area contributed by atoms with Crippen LogP contribution in [0.25, 0.3) is 11.3 Å². The average Bonchev–Trinajstić information content (AvgIpc) is 2.88. The molecular weight excluding hydrogens is 278 g/mol. The van der Waals surface area contributed by atoms with Crippen LogP contribution in [0.4, 0.5) is 0 Å². The Labute approximate surface area is 124 Å². The Morgan fingerprint density at radius 1 is 1.20 bits per heavy atom. The molecular formula is C15H18ClNO3. The Morgan fingerprint density at radius 2 is 1.90 bits per heavy atom. The average molecular weight is 296 g/mol. The Morgan fingerprint density at radius 3 is 2.50 bits per heavy atom. The fourth-order valence-electron chi connectivity index (χ4n) is 1.79. The van der Waals surface area contributed by atoms with Crippen molar-refractivity contribution >= 4 is 18.4 Å². The summed E-state index contributed by atoms with van der Waals surface area (Å²) in [5.41, 5.74) is 1.49. The number of benzene rings is 1. The first-order valence-corrected chi connectivity index (χ1v) is 6.25. The van der Waals surface area contributed by atoms with Gasteiger partial charge in [-0.05, 0) is 38.2 Å². The van der Waals surface area contributed by atoms with E-state index in [1.807, 2.05) is 31.3 Å². The van der Waals surface area contributed by atoms with Crippen LogP contribution in [-0.2, 0) is 11.3 Å². The molecule has 0 aliphatic rings. The Balaban J connectivity index is 0.00000200. The molecule has 0 amide bonds. The van der Waals surface area contributed by atoms with Crippen molar-refractivity contribution in [3.8, 4) is 11.3 Å². The van der Waals surface area contributed by atoms with E-state index in [1.165, 1.54) is 0 Å². The predicted molar refractivity (Wildman–Crippen MR) is 80.1 cm³/mol. The van der Waals surface area contributed by atoms with Crippen molar-refractivity contribution in [3.63, 3.8) is 0 Å². The third-order valence-electron chi connectivity index (χ3n) is 2.69. The molecule has 1 aromatic heterocycles. The number of rotatable bonds is 5. The molecule has 0 saturated carbocycles. The number of carbonyl (C=O) groups is 1. The van der Waals surface area contributed by atoms with Crippen LogP contribution in [0, 0.1) is 0 Å². The zero-order chi connectivity index (χ0) is 13.7. The lowest BCUT2D eigenvalue weighted by atomic mass is 10.1. The second-order valence-corrected chi connectivity index (χ2v) is 4.09. The SMILES string of the molecule is CCOC(=O)c1ccc(-c2ccc(CNC)o2)cc1.Cl. The first kappa shape index (κ1) is 16.3. The largest absolute Gasteiger partial charge is 0.462 e. The Kier molecular flexibility index (Phi) is 6.28. The van der Waals surface area contributed by atoms with Crippen molar-refractivity contribution in [1.82, 2.24) is 5.32 Å². The fourth-order valence-corrected chi connectivity index (χ4v) is 1.79. The second kappa shape index (κ2) is 7.72. The first-order chi connectivity index (χ1) is 9.24. The van der Waals surface area contributed by atoms with Crippen LogP contribution in [0.3, 0.4) is 0 Å². The van der Waals surface area contributed by atoms with Gasteiger partial charge in [-0.1, -0.05) is 12.1 Å². The maximum atomic E-state index is 11.5. The molecule has 0 fully saturated rings. The molecule has 5 heteroatoms. The highest BCUT2D eigenvalue weighted by atomic mass is 35.5. The normalized spacial score (nSPS) is 9.90. The lowest BCUT2D eigenvalue weighted by Crippen LogP contribution is -2.04. The number of nitrogens with one attached hydrogen (secondary N) is 1. The lowest BCUT2D eigenvalue weighted by Gasteiger charge is -2.02. The molecule has 20 heavy (non-hydrogen) atoms. The molecule has 0 bridgehead atoms. The fraction of sp³-hybridized carbons (Fsp3) is 0.267. The third-order valence-corrected chi connectivity index (χ3v) is 2.69. The minimum Gasteiger partial charge on any atom is -0.462 e. The topological polar surface area (TPSA) is 51.5 Å². The molecule has 2 rings (SSSR count). The number of hydrogen-bond donors (Lipinski definition) is 1. The molecule has 0 unspecified atom stereocenters. The maximum absolute atomic E-state index is 11.5. The zero-order valence-corrected chi connectivity index (χ0v) is 12.3. The summed E-state index contributed by atoms with van der Waals surface area (Å²) in [6, 6.07) is 11.1. The van der Waals surface area contributed by atoms with Crippen molar-refractivity contribution in [2.45, 2.75) is 13.5 Å². The van der Waals surface area contributed by atoms with Gasteiger partial charge in [-0.15, -0.1) is 12.4 Å². The van der Waals surface area contributed by atoms with Gasteiger partial charge in [0.15, 0.2) is 0 Å². The van der Waals surface area contributed by atoms with Gasteiger partial charge in [0.2, 0.25) is 0 Å². The Hall–Kier alpha value is -1.78. The van der Waals surface area contributed by atoms with Crippen molar-refractivity contribution in [3.05, 3.63) is 47.7 Å². The summed E-state index contributed by atoms with van der Waals surface area (Å²) >= 11 is 0. The predicted octanol–water partition coefficient (Wildman–Crippen LogP) is 3.26. The van der Waals surface area contributed by atoms with E-state index in [0.717, 1.165) is 17.1 Å². The molecule has 1 N–H and O–H groups in total. The van der Waals surface area contributed by atoms with Gasteiger partial charge < -0.3 is 14.5 Å². The number of carbonyl (C=O) groups excluding carboxylic acids is 1. The highest BCUT2D eigenvalue weighted by molar-refractivity contribution is 5.89. The Bertz CT molecular complexity index is 549. The molecule has 0 aliphatic carbocycles. The first-order valence-electron chi connectivity index (χ1n) is 6.25. The van der Waals surface area contributed by atoms with E-state index >= 15 is 0 Å². The van der Waals surface area contributed by atoms with Crippen LogP contribution in [0.1, 0.15) is 23.0 Å². The smallest absolute Gasteiger partial charge is 0.338 e. The van der Waals surface area contributed by atoms with Crippen molar-refractivity contribution < 1.29 is 13.9 Å². The van der Waals surface area contributed by atoms with Gasteiger partial charge in [-0.2, -0.15) is 0 Å². The maximum Gasteiger partial charge on any atom is 0.338 e. The van der Waals surface area contributed by atoms with Gasteiger partial charge in [-0.3, -0.25) is 0 Å². The number of furan rings is 1. The molecule has 0 atom stereocenters. The summed E-state index contributed by atoms with van der Waals surface area (Å²) in [5, 5.41) is 3.03. The molecule has 0 saturated heterocycles. The number of hydrogen-bond acceptors (Lipinski definition) is 4. The van der Waals surface area contributed by atoms with Gasteiger partial charge in [0, 0.05) is 5.56 Å². The van der Waals surface area contributed by atoms with Gasteiger partial charge in [0.1, 0.15) is 11.5 Å². The minimum atomic E-state index is -0.302. The molecule has 0 radical (unpaired) electrons. The van der Waals surface area contributed by atoms with E-state index in [1.54, 1.807) is 19.1 Å².